The van der Waals surface area contributed by atoms with Crippen LogP contribution in [0.4, 0.5) is 0 Å². The first-order chi connectivity index (χ1) is 25.0. The van der Waals surface area contributed by atoms with E-state index in [1.54, 1.807) is 0 Å². The van der Waals surface area contributed by atoms with Crippen molar-refractivity contribution >= 4 is 43.4 Å². The lowest BCUT2D eigenvalue weighted by Crippen LogP contribution is -2.11. The van der Waals surface area contributed by atoms with Gasteiger partial charge < -0.3 is 0 Å². The molecule has 0 saturated carbocycles. The number of hydrogen-bond acceptors (Lipinski definition) is 3. The molecule has 0 spiro atoms. The molecule has 2 atom stereocenters. The molecule has 2 heterocycles. The fourth-order valence-corrected chi connectivity index (χ4v) is 8.15. The Hall–Kier alpha value is -6.37. The summed E-state index contributed by atoms with van der Waals surface area (Å²) in [6.45, 7) is 6.87. The van der Waals surface area contributed by atoms with Crippen molar-refractivity contribution in [1.82, 2.24) is 9.97 Å². The van der Waals surface area contributed by atoms with Gasteiger partial charge >= 0.3 is 0 Å². The van der Waals surface area contributed by atoms with E-state index < -0.39 is 0 Å². The van der Waals surface area contributed by atoms with Crippen LogP contribution in [0.3, 0.4) is 0 Å². The molecular weight excluding hydrogens is 619 g/mol. The van der Waals surface area contributed by atoms with E-state index in [1.807, 2.05) is 24.3 Å². The smallest absolute Gasteiger partial charge is 0.0991 e. The zero-order valence-electron chi connectivity index (χ0n) is 28.9. The molecule has 6 aromatic carbocycles. The third-order valence-electron chi connectivity index (χ3n) is 10.7. The third-order valence-corrected chi connectivity index (χ3v) is 10.7. The van der Waals surface area contributed by atoms with Crippen LogP contribution in [0.5, 0.6) is 0 Å². The molecule has 0 N–H and O–H groups in total. The number of nitrogens with zero attached hydrogens (tertiary/aromatic N) is 3. The Kier molecular flexibility index (Phi) is 7.33. The average molecular weight is 654 g/mol. The molecule has 3 heteroatoms. The minimum atomic E-state index is 0.179. The average Bonchev–Trinajstić information content (AvgIpc) is 3.19. The standard InChI is InChI=1S/C48H35N3/c1-29-11-7-8-14-38(29)48-46-31(3)44-40-26-25-37(35-23-21-34(22-24-35)33-19-17-32(28-49)18-20-33)27-42(40)51-47(36-12-5-4-6-13-36)45(44)30(2)43(46)39-15-9-10-16-41(39)50-48/h4-27,29,38H,1-3H3. The lowest BCUT2D eigenvalue weighted by atomic mass is 9.81. The van der Waals surface area contributed by atoms with E-state index in [-0.39, 0.29) is 5.92 Å². The summed E-state index contributed by atoms with van der Waals surface area (Å²) in [7, 11) is 0. The molecular formula is C48H35N3. The summed E-state index contributed by atoms with van der Waals surface area (Å²) in [5, 5.41) is 16.5. The molecule has 0 saturated heterocycles. The van der Waals surface area contributed by atoms with Gasteiger partial charge in [-0.3, -0.25) is 4.98 Å². The van der Waals surface area contributed by atoms with E-state index in [9.17, 15) is 5.26 Å². The summed E-state index contributed by atoms with van der Waals surface area (Å²) in [5.41, 5.74) is 12.9. The van der Waals surface area contributed by atoms with Crippen molar-refractivity contribution in [3.63, 3.8) is 0 Å². The van der Waals surface area contributed by atoms with E-state index in [4.69, 9.17) is 9.97 Å². The Bertz CT molecular complexity index is 2770. The Labute approximate surface area is 297 Å². The number of rotatable bonds is 4. The fraction of sp³-hybridized carbons (Fsp3) is 0.104. The maximum Gasteiger partial charge on any atom is 0.0991 e. The van der Waals surface area contributed by atoms with Gasteiger partial charge in [-0.15, -0.1) is 0 Å². The highest BCUT2D eigenvalue weighted by Crippen LogP contribution is 2.46. The second-order valence-electron chi connectivity index (χ2n) is 13.7. The Morgan fingerprint density at radius 1 is 0.529 bits per heavy atom. The van der Waals surface area contributed by atoms with Crippen molar-refractivity contribution < 1.29 is 0 Å². The first kappa shape index (κ1) is 30.7. The SMILES string of the molecule is Cc1c2c(C3C=CC=CC3C)nc3ccccc3c2c(C)c2c(-c3ccccc3)nc3cc(-c4ccc(-c5ccc(C#N)cc5)cc4)ccc3c12. The van der Waals surface area contributed by atoms with Gasteiger partial charge in [-0.05, 0) is 88.2 Å². The molecule has 1 aliphatic carbocycles. The van der Waals surface area contributed by atoms with E-state index in [0.29, 0.717) is 11.5 Å². The lowest BCUT2D eigenvalue weighted by Gasteiger charge is -2.25. The molecule has 242 valence electrons. The molecule has 0 bridgehead atoms. The molecule has 0 radical (unpaired) electrons. The molecule has 3 nitrogen and oxygen atoms in total. The predicted octanol–water partition coefficient (Wildman–Crippen LogP) is 12.4. The van der Waals surface area contributed by atoms with Crippen LogP contribution < -0.4 is 0 Å². The normalized spacial score (nSPS) is 15.6. The summed E-state index contributed by atoms with van der Waals surface area (Å²) in [5.74, 6) is 0.514. The molecule has 2 aromatic heterocycles. The predicted molar refractivity (Wildman–Crippen MR) is 213 cm³/mol. The van der Waals surface area contributed by atoms with Crippen LogP contribution in [-0.4, -0.2) is 9.97 Å². The number of aryl methyl sites for hydroxylation is 2. The third kappa shape index (κ3) is 5.03. The Morgan fingerprint density at radius 3 is 1.84 bits per heavy atom. The van der Waals surface area contributed by atoms with E-state index in [0.717, 1.165) is 55.6 Å². The number of allylic oxidation sites excluding steroid dienone is 4. The largest absolute Gasteiger partial charge is 0.252 e. The van der Waals surface area contributed by atoms with Gasteiger partial charge in [-0.2, -0.15) is 5.26 Å². The van der Waals surface area contributed by atoms with Crippen molar-refractivity contribution in [2.45, 2.75) is 26.7 Å². The van der Waals surface area contributed by atoms with Crippen molar-refractivity contribution in [1.29, 1.82) is 5.26 Å². The number of nitriles is 1. The van der Waals surface area contributed by atoms with Gasteiger partial charge in [0.15, 0.2) is 0 Å². The molecule has 0 fully saturated rings. The number of pyridine rings is 2. The van der Waals surface area contributed by atoms with Gasteiger partial charge in [0.25, 0.3) is 0 Å². The van der Waals surface area contributed by atoms with Gasteiger partial charge in [-0.25, -0.2) is 4.98 Å². The topological polar surface area (TPSA) is 49.6 Å². The first-order valence-corrected chi connectivity index (χ1v) is 17.6. The number of hydrogen-bond donors (Lipinski definition) is 0. The quantitative estimate of drug-likeness (QED) is 0.140. The molecule has 0 aliphatic heterocycles. The van der Waals surface area contributed by atoms with E-state index in [2.05, 4.69) is 148 Å². The minimum absolute atomic E-state index is 0.179. The first-order valence-electron chi connectivity index (χ1n) is 17.6. The highest BCUT2D eigenvalue weighted by Gasteiger charge is 2.26. The number of para-hydroxylation sites is 1. The van der Waals surface area contributed by atoms with Crippen LogP contribution in [0.25, 0.3) is 76.9 Å². The second-order valence-corrected chi connectivity index (χ2v) is 13.7. The number of benzene rings is 6. The van der Waals surface area contributed by atoms with Crippen molar-refractivity contribution in [2.24, 2.45) is 5.92 Å². The van der Waals surface area contributed by atoms with Gasteiger partial charge in [0, 0.05) is 33.0 Å². The van der Waals surface area contributed by atoms with Crippen molar-refractivity contribution in [3.8, 4) is 39.6 Å². The van der Waals surface area contributed by atoms with Gasteiger partial charge in [0.05, 0.1) is 34.1 Å². The van der Waals surface area contributed by atoms with Crippen molar-refractivity contribution in [3.05, 3.63) is 168 Å². The second kappa shape index (κ2) is 12.2. The monoisotopic (exact) mass is 653 g/mol. The highest BCUT2D eigenvalue weighted by atomic mass is 14.7. The van der Waals surface area contributed by atoms with Crippen molar-refractivity contribution in [2.75, 3.05) is 0 Å². The maximum atomic E-state index is 9.20. The van der Waals surface area contributed by atoms with Gasteiger partial charge in [0.1, 0.15) is 0 Å². The summed E-state index contributed by atoms with van der Waals surface area (Å²) < 4.78 is 0. The molecule has 2 unspecified atom stereocenters. The van der Waals surface area contributed by atoms with Crippen LogP contribution in [0.1, 0.15) is 35.2 Å². The summed E-state index contributed by atoms with van der Waals surface area (Å²) in [6, 6.07) is 44.6. The lowest BCUT2D eigenvalue weighted by molar-refractivity contribution is 0.626. The fourth-order valence-electron chi connectivity index (χ4n) is 8.15. The van der Waals surface area contributed by atoms with Crippen LogP contribution >= 0.6 is 0 Å². The summed E-state index contributed by atoms with van der Waals surface area (Å²) >= 11 is 0. The zero-order valence-corrected chi connectivity index (χ0v) is 28.9. The minimum Gasteiger partial charge on any atom is -0.252 e. The number of fused-ring (bicyclic) bond motifs is 6. The van der Waals surface area contributed by atoms with E-state index in [1.165, 1.54) is 38.1 Å². The van der Waals surface area contributed by atoms with Crippen LogP contribution in [0.2, 0.25) is 0 Å². The Morgan fingerprint density at radius 2 is 1.12 bits per heavy atom. The summed E-state index contributed by atoms with van der Waals surface area (Å²) in [6.07, 6.45) is 8.93. The van der Waals surface area contributed by atoms with Crippen LogP contribution in [0, 0.1) is 31.1 Å². The van der Waals surface area contributed by atoms with Gasteiger partial charge in [-0.1, -0.05) is 128 Å². The van der Waals surface area contributed by atoms with Crippen LogP contribution in [0.15, 0.2) is 146 Å². The molecule has 1 aliphatic rings. The molecule has 9 rings (SSSR count). The summed E-state index contributed by atoms with van der Waals surface area (Å²) in [4.78, 5) is 10.9. The molecule has 51 heavy (non-hydrogen) atoms. The Balaban J connectivity index is 1.32. The number of aromatic nitrogens is 2. The molecule has 8 aromatic rings. The maximum absolute atomic E-state index is 9.20. The van der Waals surface area contributed by atoms with E-state index >= 15 is 0 Å². The van der Waals surface area contributed by atoms with Gasteiger partial charge in [0.2, 0.25) is 0 Å². The zero-order chi connectivity index (χ0) is 34.6. The highest BCUT2D eigenvalue weighted by molar-refractivity contribution is 6.24. The van der Waals surface area contributed by atoms with Crippen LogP contribution in [-0.2, 0) is 0 Å². The molecule has 0 amide bonds.